The molecule has 1 amide bonds. The first kappa shape index (κ1) is 19.2. The molecule has 2 aromatic heterocycles. The molecule has 0 unspecified atom stereocenters. The normalized spacial score (nSPS) is 10.7. The molecule has 3 aromatic rings. The second-order valence-corrected chi connectivity index (χ2v) is 5.85. The lowest BCUT2D eigenvalue weighted by Gasteiger charge is -2.14. The van der Waals surface area contributed by atoms with Crippen LogP contribution in [0.5, 0.6) is 11.5 Å². The number of hydrogen-bond acceptors (Lipinski definition) is 5. The number of benzene rings is 1. The van der Waals surface area contributed by atoms with Gasteiger partial charge in [-0.3, -0.25) is 9.20 Å². The molecule has 2 heterocycles. The fourth-order valence-corrected chi connectivity index (χ4v) is 2.90. The number of fused-ring (bicyclic) bond motifs is 1. The van der Waals surface area contributed by atoms with Crippen LogP contribution in [-0.2, 0) is 6.42 Å². The minimum absolute atomic E-state index is 0.0172. The summed E-state index contributed by atoms with van der Waals surface area (Å²) in [6, 6.07) is 5.33. The summed E-state index contributed by atoms with van der Waals surface area (Å²) < 4.78 is 25.3. The third kappa shape index (κ3) is 3.34. The Morgan fingerprint density at radius 3 is 2.50 bits per heavy atom. The van der Waals surface area contributed by atoms with Crippen LogP contribution in [0.1, 0.15) is 33.5 Å². The standard InChI is InChI=1S/C19H18FN3O5/c1-4-12-17(23-9-10(20)5-6-16(23)21-12)18(24)22-13-8-15(28-3)14(27-2)7-11(13)19(25)26/h5-9H,4H2,1-3H3,(H,22,24)(H,25,26). The minimum Gasteiger partial charge on any atom is -0.493 e. The average molecular weight is 387 g/mol. The van der Waals surface area contributed by atoms with Gasteiger partial charge in [0, 0.05) is 18.3 Å². The number of imidazole rings is 1. The van der Waals surface area contributed by atoms with Crippen molar-refractivity contribution in [1.29, 1.82) is 0 Å². The molecule has 0 atom stereocenters. The third-order valence-corrected chi connectivity index (χ3v) is 4.21. The van der Waals surface area contributed by atoms with Crippen molar-refractivity contribution in [3.05, 3.63) is 53.2 Å². The van der Waals surface area contributed by atoms with Gasteiger partial charge in [-0.05, 0) is 18.6 Å². The van der Waals surface area contributed by atoms with E-state index in [1.807, 2.05) is 6.92 Å². The van der Waals surface area contributed by atoms with Crippen molar-refractivity contribution in [3.63, 3.8) is 0 Å². The van der Waals surface area contributed by atoms with Crippen LogP contribution in [0, 0.1) is 5.82 Å². The van der Waals surface area contributed by atoms with E-state index in [1.165, 1.54) is 42.9 Å². The predicted molar refractivity (Wildman–Crippen MR) is 99.0 cm³/mol. The van der Waals surface area contributed by atoms with Crippen molar-refractivity contribution < 1.29 is 28.6 Å². The number of nitrogens with zero attached hydrogens (tertiary/aromatic N) is 2. The van der Waals surface area contributed by atoms with Gasteiger partial charge in [-0.1, -0.05) is 6.92 Å². The number of rotatable bonds is 6. The Morgan fingerprint density at radius 2 is 1.89 bits per heavy atom. The number of aromatic nitrogens is 2. The summed E-state index contributed by atoms with van der Waals surface area (Å²) in [6.45, 7) is 1.81. The maximum absolute atomic E-state index is 13.7. The van der Waals surface area contributed by atoms with Crippen LogP contribution in [-0.4, -0.2) is 40.6 Å². The van der Waals surface area contributed by atoms with Crippen LogP contribution in [0.3, 0.4) is 0 Å². The first-order valence-corrected chi connectivity index (χ1v) is 8.36. The molecular weight excluding hydrogens is 369 g/mol. The first-order chi connectivity index (χ1) is 13.4. The van der Waals surface area contributed by atoms with E-state index in [0.29, 0.717) is 17.8 Å². The molecular formula is C19H18FN3O5. The molecule has 0 aliphatic carbocycles. The Hall–Kier alpha value is -3.62. The van der Waals surface area contributed by atoms with Crippen LogP contribution in [0.25, 0.3) is 5.65 Å². The molecule has 9 heteroatoms. The van der Waals surface area contributed by atoms with Gasteiger partial charge in [-0.15, -0.1) is 0 Å². The maximum atomic E-state index is 13.7. The van der Waals surface area contributed by atoms with Crippen molar-refractivity contribution in [2.45, 2.75) is 13.3 Å². The maximum Gasteiger partial charge on any atom is 0.337 e. The van der Waals surface area contributed by atoms with Crippen molar-refractivity contribution in [2.75, 3.05) is 19.5 Å². The number of anilines is 1. The van der Waals surface area contributed by atoms with E-state index < -0.39 is 17.7 Å². The quantitative estimate of drug-likeness (QED) is 0.674. The van der Waals surface area contributed by atoms with Gasteiger partial charge in [0.1, 0.15) is 17.2 Å². The average Bonchev–Trinajstić information content (AvgIpc) is 3.05. The number of carboxylic acid groups (broad SMARTS) is 1. The number of carboxylic acids is 1. The highest BCUT2D eigenvalue weighted by Gasteiger charge is 2.22. The fourth-order valence-electron chi connectivity index (χ4n) is 2.90. The Labute approximate surface area is 159 Å². The Kier molecular flexibility index (Phi) is 5.16. The number of pyridine rings is 1. The largest absolute Gasteiger partial charge is 0.493 e. The van der Waals surface area contributed by atoms with Gasteiger partial charge in [-0.25, -0.2) is 14.2 Å². The minimum atomic E-state index is -1.25. The number of carbonyl (C=O) groups is 2. The highest BCUT2D eigenvalue weighted by atomic mass is 19.1. The molecule has 0 radical (unpaired) electrons. The Bertz CT molecular complexity index is 1080. The molecule has 1 aromatic carbocycles. The number of ether oxygens (including phenoxy) is 2. The van der Waals surface area contributed by atoms with Gasteiger partial charge in [0.05, 0.1) is 31.2 Å². The number of methoxy groups -OCH3 is 2. The van der Waals surface area contributed by atoms with Gasteiger partial charge in [0.15, 0.2) is 11.5 Å². The lowest BCUT2D eigenvalue weighted by atomic mass is 10.1. The van der Waals surface area contributed by atoms with Crippen molar-refractivity contribution in [2.24, 2.45) is 0 Å². The summed E-state index contributed by atoms with van der Waals surface area (Å²) in [4.78, 5) is 28.9. The van der Waals surface area contributed by atoms with E-state index in [-0.39, 0.29) is 28.4 Å². The second-order valence-electron chi connectivity index (χ2n) is 5.85. The van der Waals surface area contributed by atoms with E-state index in [1.54, 1.807) is 0 Å². The van der Waals surface area contributed by atoms with Crippen LogP contribution in [0.15, 0.2) is 30.5 Å². The Balaban J connectivity index is 2.10. The fraction of sp³-hybridized carbons (Fsp3) is 0.211. The highest BCUT2D eigenvalue weighted by Crippen LogP contribution is 2.33. The number of carbonyl (C=O) groups excluding carboxylic acids is 1. The monoisotopic (exact) mass is 387 g/mol. The van der Waals surface area contributed by atoms with Crippen molar-refractivity contribution in [1.82, 2.24) is 9.38 Å². The third-order valence-electron chi connectivity index (χ3n) is 4.21. The lowest BCUT2D eigenvalue weighted by molar-refractivity contribution is 0.0697. The smallest absolute Gasteiger partial charge is 0.337 e. The predicted octanol–water partition coefficient (Wildman–Crippen LogP) is 3.00. The zero-order chi connectivity index (χ0) is 20.4. The summed E-state index contributed by atoms with van der Waals surface area (Å²) in [5.41, 5.74) is 0.838. The van der Waals surface area contributed by atoms with Crippen LogP contribution in [0.2, 0.25) is 0 Å². The van der Waals surface area contributed by atoms with Gasteiger partial charge in [0.25, 0.3) is 5.91 Å². The summed E-state index contributed by atoms with van der Waals surface area (Å²) in [6.07, 6.45) is 1.59. The van der Waals surface area contributed by atoms with E-state index in [4.69, 9.17) is 9.47 Å². The number of hydrogen-bond donors (Lipinski definition) is 2. The number of aromatic carboxylic acids is 1. The van der Waals surface area contributed by atoms with Crippen molar-refractivity contribution in [3.8, 4) is 11.5 Å². The molecule has 0 fully saturated rings. The van der Waals surface area contributed by atoms with Crippen LogP contribution in [0.4, 0.5) is 10.1 Å². The zero-order valence-corrected chi connectivity index (χ0v) is 15.4. The zero-order valence-electron chi connectivity index (χ0n) is 15.4. The molecule has 0 saturated heterocycles. The van der Waals surface area contributed by atoms with E-state index in [0.717, 1.165) is 6.20 Å². The van der Waals surface area contributed by atoms with Crippen LogP contribution < -0.4 is 14.8 Å². The molecule has 0 spiro atoms. The summed E-state index contributed by atoms with van der Waals surface area (Å²) in [7, 11) is 2.77. The topological polar surface area (TPSA) is 102 Å². The van der Waals surface area contributed by atoms with E-state index >= 15 is 0 Å². The van der Waals surface area contributed by atoms with Crippen LogP contribution >= 0.6 is 0 Å². The number of amides is 1. The molecule has 146 valence electrons. The molecule has 28 heavy (non-hydrogen) atoms. The van der Waals surface area contributed by atoms with Crippen molar-refractivity contribution >= 4 is 23.2 Å². The van der Waals surface area contributed by atoms with Gasteiger partial charge >= 0.3 is 5.97 Å². The SMILES string of the molecule is CCc1nc2ccc(F)cn2c1C(=O)Nc1cc(OC)c(OC)cc1C(=O)O. The summed E-state index contributed by atoms with van der Waals surface area (Å²) in [5, 5.41) is 12.1. The molecule has 0 aliphatic rings. The highest BCUT2D eigenvalue weighted by molar-refractivity contribution is 6.08. The molecule has 0 aliphatic heterocycles. The molecule has 0 bridgehead atoms. The number of nitrogens with one attached hydrogen (secondary N) is 1. The molecule has 2 N–H and O–H groups in total. The molecule has 8 nitrogen and oxygen atoms in total. The molecule has 0 saturated carbocycles. The lowest BCUT2D eigenvalue weighted by Crippen LogP contribution is -2.18. The molecule has 3 rings (SSSR count). The summed E-state index contributed by atoms with van der Waals surface area (Å²) in [5.74, 6) is -1.94. The van der Waals surface area contributed by atoms with Gasteiger partial charge in [-0.2, -0.15) is 0 Å². The first-order valence-electron chi connectivity index (χ1n) is 8.36. The van der Waals surface area contributed by atoms with Gasteiger partial charge in [0.2, 0.25) is 0 Å². The summed E-state index contributed by atoms with van der Waals surface area (Å²) >= 11 is 0. The number of halogens is 1. The van der Waals surface area contributed by atoms with E-state index in [2.05, 4.69) is 10.3 Å². The Morgan fingerprint density at radius 1 is 1.21 bits per heavy atom. The van der Waals surface area contributed by atoms with E-state index in [9.17, 15) is 19.1 Å². The number of aryl methyl sites for hydroxylation is 1. The second kappa shape index (κ2) is 7.55. The van der Waals surface area contributed by atoms with Gasteiger partial charge < -0.3 is 19.9 Å².